The van der Waals surface area contributed by atoms with Crippen molar-refractivity contribution in [3.63, 3.8) is 0 Å². The fraction of sp³-hybridized carbons (Fsp3) is 0.519. The molecule has 208 valence electrons. The average Bonchev–Trinajstić information content (AvgIpc) is 3.23. The molecule has 2 aliphatic rings. The van der Waals surface area contributed by atoms with Crippen molar-refractivity contribution in [1.82, 2.24) is 10.2 Å². The first-order chi connectivity index (χ1) is 18.0. The van der Waals surface area contributed by atoms with Crippen LogP contribution in [0.3, 0.4) is 0 Å². The highest BCUT2D eigenvalue weighted by atomic mass is 19.4. The predicted octanol–water partition coefficient (Wildman–Crippen LogP) is 5.87. The van der Waals surface area contributed by atoms with Crippen molar-refractivity contribution in [3.8, 4) is 11.5 Å². The molecule has 0 radical (unpaired) electrons. The van der Waals surface area contributed by atoms with Crippen LogP contribution in [0, 0.1) is 17.6 Å². The van der Waals surface area contributed by atoms with E-state index in [2.05, 4.69) is 10.6 Å². The lowest BCUT2D eigenvalue weighted by Gasteiger charge is -2.46. The van der Waals surface area contributed by atoms with Gasteiger partial charge in [-0.05, 0) is 62.1 Å². The highest BCUT2D eigenvalue weighted by Crippen LogP contribution is 2.51. The number of nitrogens with zero attached hydrogens (tertiary/aromatic N) is 1. The molecule has 6 nitrogen and oxygen atoms in total. The van der Waals surface area contributed by atoms with Crippen LogP contribution in [0.2, 0.25) is 0 Å². The number of urea groups is 1. The number of carbonyl (C=O) groups is 1. The quantitative estimate of drug-likeness (QED) is 0.431. The van der Waals surface area contributed by atoms with E-state index in [0.717, 1.165) is 17.7 Å². The second-order valence-corrected chi connectivity index (χ2v) is 10.1. The van der Waals surface area contributed by atoms with E-state index >= 15 is 0 Å². The fourth-order valence-corrected chi connectivity index (χ4v) is 5.86. The smallest absolute Gasteiger partial charge is 0.392 e. The third-order valence-corrected chi connectivity index (χ3v) is 7.91. The SMILES string of the molecule is COc1ccc(C23CCC(NC(=O)Nc4ccc(F)c(F)c4)CC2N(CC(C)C(F)(F)F)CC3)cc1OC. The summed E-state index contributed by atoms with van der Waals surface area (Å²) < 4.78 is 78.0. The van der Waals surface area contributed by atoms with Crippen molar-refractivity contribution in [2.75, 3.05) is 32.6 Å². The number of hydrogen-bond donors (Lipinski definition) is 2. The number of fused-ring (bicyclic) bond motifs is 1. The standard InChI is InChI=1S/C27H32F5N3O3/c1-16(27(30,31)32)15-35-11-10-26(17-4-7-22(37-2)23(12-17)38-3)9-8-19(14-24(26)35)34-25(36)33-18-5-6-20(28)21(29)13-18/h4-7,12-13,16,19,24H,8-11,14-15H2,1-3H3,(H2,33,34,36). The number of amides is 2. The average molecular weight is 542 g/mol. The van der Waals surface area contributed by atoms with Gasteiger partial charge in [0, 0.05) is 35.8 Å². The van der Waals surface area contributed by atoms with Gasteiger partial charge in [-0.2, -0.15) is 13.2 Å². The summed E-state index contributed by atoms with van der Waals surface area (Å²) in [6.07, 6.45) is -1.97. The number of hydrogen-bond acceptors (Lipinski definition) is 4. The summed E-state index contributed by atoms with van der Waals surface area (Å²) in [4.78, 5) is 14.5. The second kappa shape index (κ2) is 11.0. The number of alkyl halides is 3. The van der Waals surface area contributed by atoms with Gasteiger partial charge in [-0.15, -0.1) is 0 Å². The Kier molecular flexibility index (Phi) is 8.06. The summed E-state index contributed by atoms with van der Waals surface area (Å²) in [5, 5.41) is 5.37. The Hall–Kier alpha value is -3.08. The van der Waals surface area contributed by atoms with Gasteiger partial charge in [-0.1, -0.05) is 13.0 Å². The van der Waals surface area contributed by atoms with E-state index in [9.17, 15) is 26.7 Å². The minimum absolute atomic E-state index is 0.0957. The third kappa shape index (κ3) is 5.67. The van der Waals surface area contributed by atoms with E-state index in [4.69, 9.17) is 9.47 Å². The molecule has 2 amide bonds. The van der Waals surface area contributed by atoms with Crippen LogP contribution in [0.4, 0.5) is 32.4 Å². The van der Waals surface area contributed by atoms with Gasteiger partial charge in [-0.3, -0.25) is 4.90 Å². The van der Waals surface area contributed by atoms with E-state index < -0.39 is 35.2 Å². The van der Waals surface area contributed by atoms with Crippen molar-refractivity contribution in [3.05, 3.63) is 53.6 Å². The minimum atomic E-state index is -4.31. The first kappa shape index (κ1) is 27.9. The Morgan fingerprint density at radius 3 is 2.47 bits per heavy atom. The molecule has 0 bridgehead atoms. The lowest BCUT2D eigenvalue weighted by molar-refractivity contribution is -0.175. The number of likely N-dealkylation sites (tertiary alicyclic amines) is 1. The van der Waals surface area contributed by atoms with Crippen LogP contribution >= 0.6 is 0 Å². The summed E-state index contributed by atoms with van der Waals surface area (Å²) >= 11 is 0. The molecule has 2 aromatic rings. The lowest BCUT2D eigenvalue weighted by Crippen LogP contribution is -2.54. The molecule has 2 fully saturated rings. The fourth-order valence-electron chi connectivity index (χ4n) is 5.86. The van der Waals surface area contributed by atoms with Gasteiger partial charge in [0.1, 0.15) is 0 Å². The number of methoxy groups -OCH3 is 2. The van der Waals surface area contributed by atoms with Crippen LogP contribution in [-0.2, 0) is 5.41 Å². The van der Waals surface area contributed by atoms with Crippen LogP contribution in [0.5, 0.6) is 11.5 Å². The second-order valence-electron chi connectivity index (χ2n) is 10.1. The lowest BCUT2D eigenvalue weighted by atomic mass is 9.65. The van der Waals surface area contributed by atoms with Gasteiger partial charge in [-0.25, -0.2) is 13.6 Å². The van der Waals surface area contributed by atoms with Crippen molar-refractivity contribution in [2.45, 2.75) is 56.3 Å². The van der Waals surface area contributed by atoms with Gasteiger partial charge in [0.25, 0.3) is 0 Å². The number of anilines is 1. The minimum Gasteiger partial charge on any atom is -0.493 e. The van der Waals surface area contributed by atoms with E-state index in [1.54, 1.807) is 6.07 Å². The van der Waals surface area contributed by atoms with Gasteiger partial charge in [0.05, 0.1) is 20.1 Å². The molecular formula is C27H32F5N3O3. The monoisotopic (exact) mass is 541 g/mol. The zero-order valence-corrected chi connectivity index (χ0v) is 21.5. The molecule has 2 aromatic carbocycles. The van der Waals surface area contributed by atoms with E-state index in [-0.39, 0.29) is 24.3 Å². The predicted molar refractivity (Wildman–Crippen MR) is 133 cm³/mol. The number of ether oxygens (including phenoxy) is 2. The van der Waals surface area contributed by atoms with Crippen molar-refractivity contribution in [1.29, 1.82) is 0 Å². The summed E-state index contributed by atoms with van der Waals surface area (Å²) in [5.74, 6) is -2.50. The summed E-state index contributed by atoms with van der Waals surface area (Å²) in [6, 6.07) is 7.52. The Labute approximate surface area is 218 Å². The Morgan fingerprint density at radius 2 is 1.82 bits per heavy atom. The Balaban J connectivity index is 1.56. The maximum Gasteiger partial charge on any atom is 0.392 e. The van der Waals surface area contributed by atoms with Gasteiger partial charge in [0.15, 0.2) is 23.1 Å². The van der Waals surface area contributed by atoms with Crippen LogP contribution in [-0.4, -0.2) is 56.5 Å². The van der Waals surface area contributed by atoms with Gasteiger partial charge < -0.3 is 20.1 Å². The van der Waals surface area contributed by atoms with Gasteiger partial charge in [0.2, 0.25) is 0 Å². The summed E-state index contributed by atoms with van der Waals surface area (Å²) in [6.45, 7) is 1.54. The zero-order chi connectivity index (χ0) is 27.7. The number of nitrogens with one attached hydrogen (secondary N) is 2. The molecule has 1 saturated heterocycles. The molecule has 0 spiro atoms. The maximum atomic E-state index is 13.5. The van der Waals surface area contributed by atoms with Gasteiger partial charge >= 0.3 is 12.2 Å². The molecule has 4 unspecified atom stereocenters. The Bertz CT molecular complexity index is 1160. The maximum absolute atomic E-state index is 13.5. The van der Waals surface area contributed by atoms with Crippen LogP contribution in [0.15, 0.2) is 36.4 Å². The highest BCUT2D eigenvalue weighted by molar-refractivity contribution is 5.89. The molecule has 4 atom stereocenters. The molecule has 4 rings (SSSR count). The van der Waals surface area contributed by atoms with Crippen LogP contribution < -0.4 is 20.1 Å². The van der Waals surface area contributed by atoms with Crippen LogP contribution in [0.25, 0.3) is 0 Å². The van der Waals surface area contributed by atoms with Crippen molar-refractivity contribution in [2.24, 2.45) is 5.92 Å². The molecule has 0 aromatic heterocycles. The molecule has 1 aliphatic heterocycles. The molecular weight excluding hydrogens is 509 g/mol. The first-order valence-electron chi connectivity index (χ1n) is 12.5. The number of benzene rings is 2. The molecule has 1 aliphatic carbocycles. The number of rotatable bonds is 7. The van der Waals surface area contributed by atoms with Crippen LogP contribution in [0.1, 0.15) is 38.2 Å². The topological polar surface area (TPSA) is 62.8 Å². The number of halogens is 5. The van der Waals surface area contributed by atoms with Crippen molar-refractivity contribution < 1.29 is 36.2 Å². The zero-order valence-electron chi connectivity index (χ0n) is 21.5. The van der Waals surface area contributed by atoms with E-state index in [1.807, 2.05) is 17.0 Å². The summed E-state index contributed by atoms with van der Waals surface area (Å²) in [7, 11) is 3.08. The highest BCUT2D eigenvalue weighted by Gasteiger charge is 2.53. The normalized spacial score (nSPS) is 24.4. The molecule has 2 N–H and O–H groups in total. The van der Waals surface area contributed by atoms with E-state index in [0.29, 0.717) is 43.7 Å². The first-order valence-corrected chi connectivity index (χ1v) is 12.5. The van der Waals surface area contributed by atoms with Crippen molar-refractivity contribution >= 4 is 11.7 Å². The molecule has 1 heterocycles. The number of carbonyl (C=O) groups excluding carboxylic acids is 1. The molecule has 38 heavy (non-hydrogen) atoms. The molecule has 1 saturated carbocycles. The third-order valence-electron chi connectivity index (χ3n) is 7.91. The molecule has 11 heteroatoms. The summed E-state index contributed by atoms with van der Waals surface area (Å²) in [5.41, 5.74) is 0.643. The van der Waals surface area contributed by atoms with E-state index in [1.165, 1.54) is 27.2 Å². The Morgan fingerprint density at radius 1 is 1.08 bits per heavy atom. The largest absolute Gasteiger partial charge is 0.493 e.